The first-order chi connectivity index (χ1) is 12.8. The summed E-state index contributed by atoms with van der Waals surface area (Å²) in [5, 5.41) is 7.59. The van der Waals surface area contributed by atoms with Gasteiger partial charge in [0.25, 0.3) is 5.91 Å². The summed E-state index contributed by atoms with van der Waals surface area (Å²) < 4.78 is 25.2. The number of carbonyl (C=O) groups excluding carboxylic acids is 1. The van der Waals surface area contributed by atoms with Crippen molar-refractivity contribution in [2.75, 3.05) is 11.6 Å². The number of benzene rings is 2. The molecule has 0 aliphatic carbocycles. The molecule has 3 aromatic rings. The zero-order valence-electron chi connectivity index (χ0n) is 14.2. The van der Waals surface area contributed by atoms with E-state index in [4.69, 9.17) is 23.2 Å². The maximum absolute atomic E-state index is 12.6. The summed E-state index contributed by atoms with van der Waals surface area (Å²) in [7, 11) is -3.55. The summed E-state index contributed by atoms with van der Waals surface area (Å²) in [5.41, 5.74) is 1.02. The molecule has 0 saturated carbocycles. The first-order valence-corrected chi connectivity index (χ1v) is 10.5. The van der Waals surface area contributed by atoms with E-state index in [-0.39, 0.29) is 15.5 Å². The van der Waals surface area contributed by atoms with Crippen molar-refractivity contribution in [3.63, 3.8) is 0 Å². The maximum Gasteiger partial charge on any atom is 0.256 e. The molecule has 27 heavy (non-hydrogen) atoms. The van der Waals surface area contributed by atoms with Crippen LogP contribution < -0.4 is 5.32 Å². The molecule has 0 unspecified atom stereocenters. The number of carbonyl (C=O) groups is 1. The van der Waals surface area contributed by atoms with Crippen LogP contribution in [-0.4, -0.2) is 30.4 Å². The maximum atomic E-state index is 12.6. The molecule has 0 bridgehead atoms. The number of amides is 1. The monoisotopic (exact) mass is 423 g/mol. The normalized spacial score (nSPS) is 11.4. The molecule has 0 aliphatic heterocycles. The van der Waals surface area contributed by atoms with E-state index >= 15 is 0 Å². The highest BCUT2D eigenvalue weighted by Crippen LogP contribution is 2.23. The second-order valence-electron chi connectivity index (χ2n) is 5.84. The van der Waals surface area contributed by atoms with Gasteiger partial charge in [0.05, 0.1) is 22.7 Å². The second-order valence-corrected chi connectivity index (χ2v) is 8.64. The average molecular weight is 424 g/mol. The van der Waals surface area contributed by atoms with E-state index < -0.39 is 15.7 Å². The van der Waals surface area contributed by atoms with Crippen LogP contribution in [0, 0.1) is 0 Å². The fraction of sp³-hybridized carbons (Fsp3) is 0.111. The Hall–Kier alpha value is -2.35. The smallest absolute Gasteiger partial charge is 0.256 e. The highest BCUT2D eigenvalue weighted by Gasteiger charge is 2.17. The van der Waals surface area contributed by atoms with Crippen molar-refractivity contribution in [3.8, 4) is 0 Å². The van der Waals surface area contributed by atoms with Crippen LogP contribution in [0.3, 0.4) is 0 Å². The molecule has 6 nitrogen and oxygen atoms in total. The number of aromatic nitrogens is 2. The highest BCUT2D eigenvalue weighted by molar-refractivity contribution is 7.90. The molecular formula is C18H15Cl2N3O3S. The van der Waals surface area contributed by atoms with Crippen LogP contribution in [-0.2, 0) is 16.4 Å². The molecular weight excluding hydrogens is 409 g/mol. The summed E-state index contributed by atoms with van der Waals surface area (Å²) >= 11 is 12.1. The van der Waals surface area contributed by atoms with Crippen LogP contribution in [0.4, 0.5) is 5.82 Å². The number of sulfone groups is 1. The van der Waals surface area contributed by atoms with E-state index in [1.807, 2.05) is 18.2 Å². The predicted octanol–water partition coefficient (Wildman–Crippen LogP) is 3.89. The van der Waals surface area contributed by atoms with Gasteiger partial charge in [0.15, 0.2) is 9.84 Å². The standard InChI is InChI=1S/C18H15Cl2N3O3S/c1-27(25,26)16-10-12(6-7-15(16)20)18(24)22-17-8-9-21-23(17)11-13-4-2-3-5-14(13)19/h2-10H,11H2,1H3,(H,22,24). The first-order valence-electron chi connectivity index (χ1n) is 7.82. The fourth-order valence-corrected chi connectivity index (χ4v) is 3.97. The van der Waals surface area contributed by atoms with Crippen molar-refractivity contribution < 1.29 is 13.2 Å². The molecule has 0 spiro atoms. The van der Waals surface area contributed by atoms with Crippen molar-refractivity contribution in [3.05, 3.63) is 75.9 Å². The first kappa shape index (κ1) is 19.4. The van der Waals surface area contributed by atoms with Crippen molar-refractivity contribution in [1.29, 1.82) is 0 Å². The molecule has 9 heteroatoms. The van der Waals surface area contributed by atoms with Gasteiger partial charge < -0.3 is 5.32 Å². The van der Waals surface area contributed by atoms with Crippen LogP contribution in [0.15, 0.2) is 59.6 Å². The topological polar surface area (TPSA) is 81.1 Å². The minimum absolute atomic E-state index is 0.0674. The minimum Gasteiger partial charge on any atom is -0.307 e. The van der Waals surface area contributed by atoms with Gasteiger partial charge in [-0.25, -0.2) is 13.1 Å². The van der Waals surface area contributed by atoms with Crippen LogP contribution in [0.5, 0.6) is 0 Å². The fourth-order valence-electron chi connectivity index (χ4n) is 2.47. The van der Waals surface area contributed by atoms with Crippen molar-refractivity contribution in [2.45, 2.75) is 11.4 Å². The summed E-state index contributed by atoms with van der Waals surface area (Å²) in [6, 6.07) is 13.1. The third kappa shape index (κ3) is 4.50. The largest absolute Gasteiger partial charge is 0.307 e. The molecule has 1 heterocycles. The Morgan fingerprint density at radius 3 is 2.56 bits per heavy atom. The summed E-state index contributed by atoms with van der Waals surface area (Å²) in [4.78, 5) is 12.5. The molecule has 3 rings (SSSR count). The molecule has 0 atom stereocenters. The Labute approximate surface area is 166 Å². The number of hydrogen-bond acceptors (Lipinski definition) is 4. The summed E-state index contributed by atoms with van der Waals surface area (Å²) in [6.45, 7) is 0.373. The molecule has 0 saturated heterocycles. The van der Waals surface area contributed by atoms with Gasteiger partial charge >= 0.3 is 0 Å². The molecule has 0 aliphatic rings. The predicted molar refractivity (Wildman–Crippen MR) is 105 cm³/mol. The lowest BCUT2D eigenvalue weighted by Gasteiger charge is -2.11. The van der Waals surface area contributed by atoms with E-state index in [0.717, 1.165) is 11.8 Å². The highest BCUT2D eigenvalue weighted by atomic mass is 35.5. The zero-order chi connectivity index (χ0) is 19.6. The Bertz CT molecular complexity index is 1110. The quantitative estimate of drug-likeness (QED) is 0.674. The van der Waals surface area contributed by atoms with Gasteiger partial charge in [-0.15, -0.1) is 0 Å². The summed E-state index contributed by atoms with van der Waals surface area (Å²) in [5.74, 6) is -0.0201. The van der Waals surface area contributed by atoms with Gasteiger partial charge in [-0.3, -0.25) is 4.79 Å². The van der Waals surface area contributed by atoms with Crippen LogP contribution in [0.1, 0.15) is 15.9 Å². The third-order valence-corrected chi connectivity index (χ3v) is 5.78. The Kier molecular flexibility index (Phi) is 5.55. The minimum atomic E-state index is -3.55. The van der Waals surface area contributed by atoms with Crippen molar-refractivity contribution >= 4 is 44.8 Å². The van der Waals surface area contributed by atoms with Crippen molar-refractivity contribution in [2.24, 2.45) is 0 Å². The van der Waals surface area contributed by atoms with Gasteiger partial charge in [0.1, 0.15) is 5.82 Å². The van der Waals surface area contributed by atoms with Crippen LogP contribution >= 0.6 is 23.2 Å². The van der Waals surface area contributed by atoms with E-state index in [1.165, 1.54) is 18.2 Å². The van der Waals surface area contributed by atoms with Gasteiger partial charge in [0, 0.05) is 22.9 Å². The Balaban J connectivity index is 1.84. The number of halogens is 2. The summed E-state index contributed by atoms with van der Waals surface area (Å²) in [6.07, 6.45) is 2.59. The lowest BCUT2D eigenvalue weighted by molar-refractivity contribution is 0.102. The van der Waals surface area contributed by atoms with Gasteiger partial charge in [-0.1, -0.05) is 41.4 Å². The molecule has 0 fully saturated rings. The van der Waals surface area contributed by atoms with E-state index in [9.17, 15) is 13.2 Å². The molecule has 140 valence electrons. The molecule has 1 aromatic heterocycles. The van der Waals surface area contributed by atoms with E-state index in [0.29, 0.717) is 17.4 Å². The Morgan fingerprint density at radius 2 is 1.85 bits per heavy atom. The van der Waals surface area contributed by atoms with Crippen LogP contribution in [0.25, 0.3) is 0 Å². The number of nitrogens with one attached hydrogen (secondary N) is 1. The van der Waals surface area contributed by atoms with Crippen molar-refractivity contribution in [1.82, 2.24) is 9.78 Å². The SMILES string of the molecule is CS(=O)(=O)c1cc(C(=O)Nc2ccnn2Cc2ccccc2Cl)ccc1Cl. The lowest BCUT2D eigenvalue weighted by atomic mass is 10.2. The zero-order valence-corrected chi connectivity index (χ0v) is 16.5. The number of hydrogen-bond donors (Lipinski definition) is 1. The average Bonchev–Trinajstić information content (AvgIpc) is 3.03. The van der Waals surface area contributed by atoms with Gasteiger partial charge in [-0.2, -0.15) is 5.10 Å². The van der Waals surface area contributed by atoms with Crippen LogP contribution in [0.2, 0.25) is 10.0 Å². The lowest BCUT2D eigenvalue weighted by Crippen LogP contribution is -2.17. The second kappa shape index (κ2) is 7.72. The molecule has 2 aromatic carbocycles. The molecule has 0 radical (unpaired) electrons. The number of rotatable bonds is 5. The third-order valence-electron chi connectivity index (χ3n) is 3.83. The number of anilines is 1. The van der Waals surface area contributed by atoms with E-state index in [2.05, 4.69) is 10.4 Å². The number of nitrogens with zero attached hydrogens (tertiary/aromatic N) is 2. The molecule has 1 amide bonds. The van der Waals surface area contributed by atoms with Gasteiger partial charge in [-0.05, 0) is 29.8 Å². The van der Waals surface area contributed by atoms with E-state index in [1.54, 1.807) is 23.0 Å². The van der Waals surface area contributed by atoms with Gasteiger partial charge in [0.2, 0.25) is 0 Å². The Morgan fingerprint density at radius 1 is 1.11 bits per heavy atom. The molecule has 1 N–H and O–H groups in total.